The van der Waals surface area contributed by atoms with Crippen LogP contribution in [-0.4, -0.2) is 37.6 Å². The van der Waals surface area contributed by atoms with Gasteiger partial charge in [0.15, 0.2) is 0 Å². The molecule has 1 heterocycles. The molecule has 2 aromatic rings. The van der Waals surface area contributed by atoms with Crippen LogP contribution in [0.1, 0.15) is 58.2 Å². The number of ether oxygens (including phenoxy) is 1. The highest BCUT2D eigenvalue weighted by Crippen LogP contribution is 2.37. The van der Waals surface area contributed by atoms with Crippen molar-refractivity contribution in [1.29, 1.82) is 0 Å². The van der Waals surface area contributed by atoms with Gasteiger partial charge in [0.1, 0.15) is 5.75 Å². The highest BCUT2D eigenvalue weighted by Gasteiger charge is 2.24. The number of phenols is 1. The van der Waals surface area contributed by atoms with E-state index in [1.165, 1.54) is 5.56 Å². The van der Waals surface area contributed by atoms with Crippen LogP contribution in [0.25, 0.3) is 0 Å². The van der Waals surface area contributed by atoms with Gasteiger partial charge in [0.2, 0.25) is 0 Å². The smallest absolute Gasteiger partial charge is 0.128 e. The summed E-state index contributed by atoms with van der Waals surface area (Å²) in [6.45, 7) is 16.2. The van der Waals surface area contributed by atoms with Crippen LogP contribution in [0.3, 0.4) is 0 Å². The molecule has 2 aromatic carbocycles. The van der Waals surface area contributed by atoms with Crippen LogP contribution >= 0.6 is 0 Å². The molecule has 0 atom stereocenters. The predicted octanol–water partition coefficient (Wildman–Crippen LogP) is 5.57. The average Bonchev–Trinajstić information content (AvgIpc) is 2.66. The van der Waals surface area contributed by atoms with E-state index in [0.717, 1.165) is 48.8 Å². The van der Waals surface area contributed by atoms with E-state index in [9.17, 15) is 5.11 Å². The molecule has 1 saturated heterocycles. The molecule has 4 heteroatoms. The van der Waals surface area contributed by atoms with Gasteiger partial charge >= 0.3 is 0 Å². The molecular formula is C25H34N2O2. The molecule has 0 saturated carbocycles. The molecule has 1 aliphatic heterocycles. The first-order valence-corrected chi connectivity index (χ1v) is 10.4. The van der Waals surface area contributed by atoms with Crippen molar-refractivity contribution in [3.8, 4) is 5.75 Å². The highest BCUT2D eigenvalue weighted by atomic mass is 16.5. The summed E-state index contributed by atoms with van der Waals surface area (Å²) >= 11 is 0. The Kier molecular flexibility index (Phi) is 6.04. The summed E-state index contributed by atoms with van der Waals surface area (Å²) in [6.07, 6.45) is 1.80. The summed E-state index contributed by atoms with van der Waals surface area (Å²) in [6, 6.07) is 12.4. The highest BCUT2D eigenvalue weighted by molar-refractivity contribution is 5.88. The summed E-state index contributed by atoms with van der Waals surface area (Å²) in [4.78, 5) is 7.10. The van der Waals surface area contributed by atoms with Gasteiger partial charge in [-0.15, -0.1) is 0 Å². The summed E-state index contributed by atoms with van der Waals surface area (Å²) < 4.78 is 5.48. The molecule has 1 aliphatic rings. The first-order chi connectivity index (χ1) is 13.6. The minimum absolute atomic E-state index is 0.0119. The van der Waals surface area contributed by atoms with Crippen LogP contribution < -0.4 is 4.90 Å². The fraction of sp³-hybridized carbons (Fsp3) is 0.480. The Hall–Kier alpha value is -2.33. The lowest BCUT2D eigenvalue weighted by Crippen LogP contribution is -2.36. The second-order valence-electron chi connectivity index (χ2n) is 9.81. The van der Waals surface area contributed by atoms with Crippen molar-refractivity contribution in [2.75, 3.05) is 31.2 Å². The van der Waals surface area contributed by atoms with E-state index in [2.05, 4.69) is 64.6 Å². The van der Waals surface area contributed by atoms with Gasteiger partial charge in [0, 0.05) is 30.4 Å². The monoisotopic (exact) mass is 394 g/mol. The molecule has 0 unspecified atom stereocenters. The van der Waals surface area contributed by atoms with Crippen LogP contribution in [0.4, 0.5) is 11.4 Å². The largest absolute Gasteiger partial charge is 0.507 e. The van der Waals surface area contributed by atoms with Crippen LogP contribution in [0.2, 0.25) is 0 Å². The number of phenolic OH excluding ortho intramolecular Hbond substituents is 1. The Morgan fingerprint density at radius 2 is 1.62 bits per heavy atom. The minimum Gasteiger partial charge on any atom is -0.507 e. The topological polar surface area (TPSA) is 45.1 Å². The van der Waals surface area contributed by atoms with Gasteiger partial charge < -0.3 is 14.7 Å². The lowest BCUT2D eigenvalue weighted by molar-refractivity contribution is 0.123. The molecule has 3 rings (SSSR count). The molecule has 0 aliphatic carbocycles. The third-order valence-corrected chi connectivity index (χ3v) is 5.39. The van der Waals surface area contributed by atoms with Gasteiger partial charge in [-0.05, 0) is 34.6 Å². The molecular weight excluding hydrogens is 360 g/mol. The average molecular weight is 395 g/mol. The van der Waals surface area contributed by atoms with Crippen LogP contribution in [0, 0.1) is 0 Å². The van der Waals surface area contributed by atoms with Gasteiger partial charge in [-0.1, -0.05) is 59.7 Å². The SMILES string of the molecule is CC(C)(C)c1cc(C=Nc2ccccc2N2CCOCC2)c(O)c(C(C)(C)C)c1. The zero-order valence-corrected chi connectivity index (χ0v) is 18.6. The van der Waals surface area contributed by atoms with Gasteiger partial charge in [-0.2, -0.15) is 0 Å². The van der Waals surface area contributed by atoms with E-state index in [-0.39, 0.29) is 10.8 Å². The lowest BCUT2D eigenvalue weighted by atomic mass is 9.79. The maximum absolute atomic E-state index is 11.0. The number of nitrogens with zero attached hydrogens (tertiary/aromatic N) is 2. The third kappa shape index (κ3) is 4.99. The molecule has 1 fully saturated rings. The van der Waals surface area contributed by atoms with Gasteiger partial charge in [0.05, 0.1) is 24.6 Å². The quantitative estimate of drug-likeness (QED) is 0.692. The van der Waals surface area contributed by atoms with Gasteiger partial charge in [0.25, 0.3) is 0 Å². The standard InChI is InChI=1S/C25H34N2O2/c1-24(2,3)19-15-18(23(28)20(16-19)25(4,5)6)17-26-21-9-7-8-10-22(21)27-11-13-29-14-12-27/h7-10,15-17,28H,11-14H2,1-6H3. The van der Waals surface area contributed by atoms with E-state index in [0.29, 0.717) is 5.75 Å². The molecule has 0 spiro atoms. The summed E-state index contributed by atoms with van der Waals surface area (Å²) in [7, 11) is 0. The number of anilines is 1. The zero-order chi connectivity index (χ0) is 21.2. The second-order valence-corrected chi connectivity index (χ2v) is 9.81. The molecule has 29 heavy (non-hydrogen) atoms. The first-order valence-electron chi connectivity index (χ1n) is 10.4. The van der Waals surface area contributed by atoms with Crippen molar-refractivity contribution in [2.24, 2.45) is 4.99 Å². The Morgan fingerprint density at radius 3 is 2.24 bits per heavy atom. The van der Waals surface area contributed by atoms with Crippen molar-refractivity contribution < 1.29 is 9.84 Å². The normalized spacial score (nSPS) is 15.9. The van der Waals surface area contributed by atoms with E-state index in [1.54, 1.807) is 6.21 Å². The number of aromatic hydroxyl groups is 1. The van der Waals surface area contributed by atoms with Gasteiger partial charge in [-0.25, -0.2) is 0 Å². The van der Waals surface area contributed by atoms with Crippen molar-refractivity contribution in [2.45, 2.75) is 52.4 Å². The minimum atomic E-state index is -0.153. The summed E-state index contributed by atoms with van der Waals surface area (Å²) in [5, 5.41) is 11.0. The Balaban J connectivity index is 2.03. The number of benzene rings is 2. The van der Waals surface area contributed by atoms with E-state index < -0.39 is 0 Å². The zero-order valence-electron chi connectivity index (χ0n) is 18.6. The first kappa shape index (κ1) is 21.4. The number of hydrogen-bond acceptors (Lipinski definition) is 4. The number of morpholine rings is 1. The number of aliphatic imine (C=N–C) groups is 1. The number of rotatable bonds is 3. The van der Waals surface area contributed by atoms with Crippen molar-refractivity contribution in [1.82, 2.24) is 0 Å². The van der Waals surface area contributed by atoms with Crippen molar-refractivity contribution in [3.05, 3.63) is 53.1 Å². The van der Waals surface area contributed by atoms with Gasteiger partial charge in [-0.3, -0.25) is 4.99 Å². The second kappa shape index (κ2) is 8.19. The molecule has 0 bridgehead atoms. The van der Waals surface area contributed by atoms with E-state index >= 15 is 0 Å². The summed E-state index contributed by atoms with van der Waals surface area (Å²) in [5.41, 5.74) is 4.76. The molecule has 0 radical (unpaired) electrons. The van der Waals surface area contributed by atoms with Crippen LogP contribution in [0.5, 0.6) is 5.75 Å². The summed E-state index contributed by atoms with van der Waals surface area (Å²) in [5.74, 6) is 0.318. The molecule has 1 N–H and O–H groups in total. The number of para-hydroxylation sites is 2. The predicted molar refractivity (Wildman–Crippen MR) is 122 cm³/mol. The third-order valence-electron chi connectivity index (χ3n) is 5.39. The molecule has 0 aromatic heterocycles. The van der Waals surface area contributed by atoms with E-state index in [1.807, 2.05) is 18.2 Å². The van der Waals surface area contributed by atoms with Crippen LogP contribution in [0.15, 0.2) is 41.4 Å². The molecule has 156 valence electrons. The maximum Gasteiger partial charge on any atom is 0.128 e. The van der Waals surface area contributed by atoms with Crippen molar-refractivity contribution >= 4 is 17.6 Å². The van der Waals surface area contributed by atoms with E-state index in [4.69, 9.17) is 9.73 Å². The number of hydrogen-bond donors (Lipinski definition) is 1. The Bertz CT molecular complexity index is 883. The Labute approximate surface area is 175 Å². The lowest BCUT2D eigenvalue weighted by Gasteiger charge is -2.29. The fourth-order valence-corrected chi connectivity index (χ4v) is 3.54. The molecule has 4 nitrogen and oxygen atoms in total. The maximum atomic E-state index is 11.0. The fourth-order valence-electron chi connectivity index (χ4n) is 3.54. The van der Waals surface area contributed by atoms with Crippen molar-refractivity contribution in [3.63, 3.8) is 0 Å². The molecule has 0 amide bonds. The van der Waals surface area contributed by atoms with Crippen LogP contribution in [-0.2, 0) is 15.6 Å². The Morgan fingerprint density at radius 1 is 0.966 bits per heavy atom.